The second-order valence-corrected chi connectivity index (χ2v) is 11.0. The summed E-state index contributed by atoms with van der Waals surface area (Å²) >= 11 is 0. The molecule has 2 aliphatic carbocycles. The van der Waals surface area contributed by atoms with Crippen molar-refractivity contribution in [1.82, 2.24) is 0 Å². The van der Waals surface area contributed by atoms with Crippen molar-refractivity contribution < 1.29 is 22.3 Å². The number of halogens is 4. The molecule has 0 radical (unpaired) electrons. The lowest BCUT2D eigenvalue weighted by atomic mass is 9.75. The van der Waals surface area contributed by atoms with Gasteiger partial charge < -0.3 is 4.74 Å². The molecule has 0 saturated heterocycles. The summed E-state index contributed by atoms with van der Waals surface area (Å²) in [5.41, 5.74) is 1.22. The Bertz CT molecular complexity index is 1060. The van der Waals surface area contributed by atoms with Gasteiger partial charge in [0.25, 0.3) is 0 Å². The molecule has 2 fully saturated rings. The van der Waals surface area contributed by atoms with Crippen molar-refractivity contribution in [3.63, 3.8) is 0 Å². The quantitative estimate of drug-likeness (QED) is 0.238. The summed E-state index contributed by atoms with van der Waals surface area (Å²) in [7, 11) is 1.30. The summed E-state index contributed by atoms with van der Waals surface area (Å²) in [6, 6.07) is 6.56. The van der Waals surface area contributed by atoms with E-state index in [2.05, 4.69) is 6.92 Å². The zero-order valence-corrected chi connectivity index (χ0v) is 22.2. The first-order chi connectivity index (χ1) is 17.9. The Balaban J connectivity index is 1.33. The predicted molar refractivity (Wildman–Crippen MR) is 142 cm³/mol. The van der Waals surface area contributed by atoms with Gasteiger partial charge in [-0.15, -0.1) is 0 Å². The van der Waals surface area contributed by atoms with Crippen LogP contribution in [0.4, 0.5) is 17.6 Å². The lowest BCUT2D eigenvalue weighted by Gasteiger charge is -2.30. The van der Waals surface area contributed by atoms with Gasteiger partial charge in [0, 0.05) is 5.56 Å². The average Bonchev–Trinajstić information content (AvgIpc) is 2.92. The predicted octanol–water partition coefficient (Wildman–Crippen LogP) is 10.1. The number of unbranched alkanes of at least 4 members (excludes halogenated alkanes) is 2. The highest BCUT2D eigenvalue weighted by molar-refractivity contribution is 5.52. The molecule has 5 heteroatoms. The van der Waals surface area contributed by atoms with Gasteiger partial charge in [0.1, 0.15) is 0 Å². The van der Waals surface area contributed by atoms with Crippen LogP contribution in [0.1, 0.15) is 112 Å². The average molecular weight is 517 g/mol. The summed E-state index contributed by atoms with van der Waals surface area (Å²) in [6.07, 6.45) is 15.8. The van der Waals surface area contributed by atoms with E-state index in [4.69, 9.17) is 4.74 Å². The highest BCUT2D eigenvalue weighted by Crippen LogP contribution is 2.42. The summed E-state index contributed by atoms with van der Waals surface area (Å²) in [4.78, 5) is 0. The van der Waals surface area contributed by atoms with Crippen LogP contribution >= 0.6 is 0 Å². The zero-order chi connectivity index (χ0) is 26.4. The van der Waals surface area contributed by atoms with Gasteiger partial charge in [-0.05, 0) is 98.3 Å². The van der Waals surface area contributed by atoms with Gasteiger partial charge in [-0.2, -0.15) is 4.39 Å². The van der Waals surface area contributed by atoms with Crippen LogP contribution in [0.25, 0.3) is 6.08 Å². The lowest BCUT2D eigenvalue weighted by Crippen LogP contribution is -2.17. The van der Waals surface area contributed by atoms with Gasteiger partial charge >= 0.3 is 0 Å². The first kappa shape index (κ1) is 27.7. The van der Waals surface area contributed by atoms with Gasteiger partial charge in [-0.3, -0.25) is 0 Å². The smallest absolute Gasteiger partial charge is 0.201 e. The Kier molecular flexibility index (Phi) is 9.72. The van der Waals surface area contributed by atoms with E-state index in [1.54, 1.807) is 6.08 Å². The largest absolute Gasteiger partial charge is 0.494 e. The summed E-state index contributed by atoms with van der Waals surface area (Å²) in [6.45, 7) is 2.22. The maximum Gasteiger partial charge on any atom is 0.201 e. The molecule has 0 spiro atoms. The van der Waals surface area contributed by atoms with Crippen molar-refractivity contribution in [1.29, 1.82) is 0 Å². The zero-order valence-electron chi connectivity index (χ0n) is 22.2. The van der Waals surface area contributed by atoms with Crippen LogP contribution in [0.5, 0.6) is 5.75 Å². The molecule has 0 amide bonds. The van der Waals surface area contributed by atoms with Crippen LogP contribution in [-0.2, 0) is 0 Å². The molecule has 4 rings (SSSR count). The minimum Gasteiger partial charge on any atom is -0.494 e. The van der Waals surface area contributed by atoms with Gasteiger partial charge in [0.2, 0.25) is 5.82 Å². The standard InChI is InChI=1S/C32H40F4O/c1-3-4-5-6-21-7-12-23(13-8-21)26-18-19-27(31(35)30(26)34)24-14-9-22(10-15-24)11-16-25-17-20-28(37-2)32(36)29(25)33/h11,16-24H,3-10,12-15H2,1-2H3/b16-11+. The van der Waals surface area contributed by atoms with Gasteiger partial charge in [0.15, 0.2) is 23.2 Å². The fourth-order valence-electron chi connectivity index (χ4n) is 6.35. The third kappa shape index (κ3) is 6.59. The molecule has 0 unspecified atom stereocenters. The van der Waals surface area contributed by atoms with Gasteiger partial charge in [-0.1, -0.05) is 56.9 Å². The fourth-order valence-corrected chi connectivity index (χ4v) is 6.35. The Hall–Kier alpha value is -2.30. The number of allylic oxidation sites excluding steroid dienone is 1. The van der Waals surface area contributed by atoms with E-state index < -0.39 is 23.3 Å². The summed E-state index contributed by atoms with van der Waals surface area (Å²) < 4.78 is 63.4. The van der Waals surface area contributed by atoms with E-state index in [-0.39, 0.29) is 29.1 Å². The Morgan fingerprint density at radius 3 is 1.89 bits per heavy atom. The first-order valence-corrected chi connectivity index (χ1v) is 14.1. The van der Waals surface area contributed by atoms with Gasteiger partial charge in [-0.25, -0.2) is 13.2 Å². The third-order valence-electron chi connectivity index (χ3n) is 8.70. The van der Waals surface area contributed by atoms with Crippen LogP contribution < -0.4 is 4.74 Å². The van der Waals surface area contributed by atoms with Crippen LogP contribution in [0.15, 0.2) is 30.3 Å². The number of ether oxygens (including phenoxy) is 1. The van der Waals surface area contributed by atoms with Crippen LogP contribution in [0.3, 0.4) is 0 Å². The van der Waals surface area contributed by atoms with Crippen molar-refractivity contribution in [2.24, 2.45) is 11.8 Å². The molecular formula is C32H40F4O. The van der Waals surface area contributed by atoms with Crippen LogP contribution in [0.2, 0.25) is 0 Å². The second kappa shape index (κ2) is 13.0. The highest BCUT2D eigenvalue weighted by atomic mass is 19.2. The summed E-state index contributed by atoms with van der Waals surface area (Å²) in [5, 5.41) is 0. The van der Waals surface area contributed by atoms with Crippen molar-refractivity contribution in [3.05, 3.63) is 70.3 Å². The Labute approximate surface area is 219 Å². The number of hydrogen-bond donors (Lipinski definition) is 0. The molecular weight excluding hydrogens is 476 g/mol. The molecule has 0 atom stereocenters. The fraction of sp³-hybridized carbons (Fsp3) is 0.562. The molecule has 2 aliphatic rings. The molecule has 0 N–H and O–H groups in total. The molecule has 0 heterocycles. The van der Waals surface area contributed by atoms with E-state index in [0.29, 0.717) is 11.1 Å². The van der Waals surface area contributed by atoms with Crippen molar-refractivity contribution >= 4 is 6.08 Å². The van der Waals surface area contributed by atoms with E-state index >= 15 is 8.78 Å². The molecule has 2 saturated carbocycles. The molecule has 0 aliphatic heterocycles. The molecule has 2 aromatic carbocycles. The van der Waals surface area contributed by atoms with Crippen molar-refractivity contribution in [3.8, 4) is 5.75 Å². The molecule has 202 valence electrons. The van der Waals surface area contributed by atoms with E-state index in [0.717, 1.165) is 57.3 Å². The SMILES string of the molecule is CCCCCC1CCC(c2ccc(C3CCC(/C=C/c4ccc(OC)c(F)c4F)CC3)c(F)c2F)CC1. The third-order valence-corrected chi connectivity index (χ3v) is 8.70. The maximum atomic E-state index is 15.2. The minimum atomic E-state index is -0.991. The molecule has 2 aromatic rings. The number of rotatable bonds is 9. The number of benzene rings is 2. The van der Waals surface area contributed by atoms with E-state index in [1.807, 2.05) is 18.2 Å². The van der Waals surface area contributed by atoms with E-state index in [1.165, 1.54) is 44.9 Å². The second-order valence-electron chi connectivity index (χ2n) is 11.0. The highest BCUT2D eigenvalue weighted by Gasteiger charge is 2.29. The number of methoxy groups -OCH3 is 1. The Morgan fingerprint density at radius 1 is 0.730 bits per heavy atom. The van der Waals surface area contributed by atoms with Gasteiger partial charge in [0.05, 0.1) is 7.11 Å². The number of hydrogen-bond acceptors (Lipinski definition) is 1. The van der Waals surface area contributed by atoms with Crippen molar-refractivity contribution in [2.45, 2.75) is 95.8 Å². The van der Waals surface area contributed by atoms with Crippen molar-refractivity contribution in [2.75, 3.05) is 7.11 Å². The molecule has 0 aromatic heterocycles. The maximum absolute atomic E-state index is 15.2. The molecule has 1 nitrogen and oxygen atoms in total. The minimum absolute atomic E-state index is 0.0160. The normalized spacial score (nSPS) is 24.5. The van der Waals surface area contributed by atoms with Crippen LogP contribution in [0, 0.1) is 35.1 Å². The first-order valence-electron chi connectivity index (χ1n) is 14.1. The summed E-state index contributed by atoms with van der Waals surface area (Å²) in [5.74, 6) is -2.32. The topological polar surface area (TPSA) is 9.23 Å². The Morgan fingerprint density at radius 2 is 1.32 bits per heavy atom. The molecule has 37 heavy (non-hydrogen) atoms. The molecule has 0 bridgehead atoms. The monoisotopic (exact) mass is 516 g/mol. The lowest BCUT2D eigenvalue weighted by molar-refractivity contribution is 0.297. The van der Waals surface area contributed by atoms with E-state index in [9.17, 15) is 8.78 Å². The van der Waals surface area contributed by atoms with Crippen LogP contribution in [-0.4, -0.2) is 7.11 Å².